The van der Waals surface area contributed by atoms with Gasteiger partial charge in [-0.2, -0.15) is 0 Å². The Morgan fingerprint density at radius 3 is 2.44 bits per heavy atom. The van der Waals surface area contributed by atoms with Crippen molar-refractivity contribution in [2.75, 3.05) is 13.7 Å². The van der Waals surface area contributed by atoms with Crippen LogP contribution in [0.5, 0.6) is 0 Å². The maximum Gasteiger partial charge on any atom is 0.333 e. The molecule has 2 unspecified atom stereocenters. The van der Waals surface area contributed by atoms with Crippen LogP contribution in [0.1, 0.15) is 40.5 Å². The van der Waals surface area contributed by atoms with Gasteiger partial charge < -0.3 is 10.1 Å². The van der Waals surface area contributed by atoms with Crippen molar-refractivity contribution >= 4 is 5.97 Å². The van der Waals surface area contributed by atoms with Gasteiger partial charge >= 0.3 is 5.97 Å². The molecule has 0 fully saturated rings. The summed E-state index contributed by atoms with van der Waals surface area (Å²) in [6, 6.07) is 0.469. The van der Waals surface area contributed by atoms with Gasteiger partial charge in [-0.25, -0.2) is 4.79 Å². The Balaban J connectivity index is 4.10. The van der Waals surface area contributed by atoms with Crippen LogP contribution in [0.15, 0.2) is 11.6 Å². The van der Waals surface area contributed by atoms with Crippen LogP contribution in [0.4, 0.5) is 0 Å². The van der Waals surface area contributed by atoms with E-state index in [1.54, 1.807) is 0 Å². The molecule has 1 N–H and O–H groups in total. The van der Waals surface area contributed by atoms with Crippen LogP contribution in [0.25, 0.3) is 0 Å². The van der Waals surface area contributed by atoms with E-state index in [9.17, 15) is 4.79 Å². The molecule has 0 aliphatic heterocycles. The highest BCUT2D eigenvalue weighted by Crippen LogP contribution is 2.07. The molecular formula is C13H25NO2. The highest BCUT2D eigenvalue weighted by molar-refractivity contribution is 5.88. The van der Waals surface area contributed by atoms with Gasteiger partial charge in [0.15, 0.2) is 0 Å². The summed E-state index contributed by atoms with van der Waals surface area (Å²) in [7, 11) is 1.42. The molecule has 0 bridgehead atoms. The predicted octanol–water partition coefficient (Wildman–Crippen LogP) is 2.52. The second kappa shape index (κ2) is 8.34. The average molecular weight is 227 g/mol. The monoisotopic (exact) mass is 227 g/mol. The second-order valence-corrected chi connectivity index (χ2v) is 4.16. The lowest BCUT2D eigenvalue weighted by molar-refractivity contribution is -0.136. The van der Waals surface area contributed by atoms with Gasteiger partial charge in [0.05, 0.1) is 7.11 Å². The van der Waals surface area contributed by atoms with Gasteiger partial charge in [0.1, 0.15) is 0 Å². The molecule has 0 aromatic rings. The lowest BCUT2D eigenvalue weighted by Gasteiger charge is -2.19. The first-order valence-electron chi connectivity index (χ1n) is 6.07. The number of esters is 1. The van der Waals surface area contributed by atoms with Crippen LogP contribution in [0.3, 0.4) is 0 Å². The van der Waals surface area contributed by atoms with Crippen molar-refractivity contribution in [2.45, 2.75) is 46.6 Å². The molecule has 94 valence electrons. The normalized spacial score (nSPS) is 15.7. The number of nitrogens with one attached hydrogen (secondary N) is 1. The molecule has 0 amide bonds. The summed E-state index contributed by atoms with van der Waals surface area (Å²) in [6.07, 6.45) is 3.80. The lowest BCUT2D eigenvalue weighted by Crippen LogP contribution is -2.32. The largest absolute Gasteiger partial charge is 0.466 e. The molecule has 3 nitrogen and oxygen atoms in total. The van der Waals surface area contributed by atoms with Gasteiger partial charge in [-0.3, -0.25) is 0 Å². The number of methoxy groups -OCH3 is 1. The van der Waals surface area contributed by atoms with Gasteiger partial charge in [-0.15, -0.1) is 0 Å². The van der Waals surface area contributed by atoms with E-state index in [0.717, 1.165) is 18.5 Å². The molecule has 0 heterocycles. The Bertz CT molecular complexity index is 236. The zero-order valence-corrected chi connectivity index (χ0v) is 11.2. The van der Waals surface area contributed by atoms with Crippen LogP contribution >= 0.6 is 0 Å². The molecule has 0 saturated heterocycles. The minimum atomic E-state index is -0.222. The highest BCUT2D eigenvalue weighted by Gasteiger charge is 2.09. The minimum Gasteiger partial charge on any atom is -0.466 e. The number of carbonyl (C=O) groups is 1. The van der Waals surface area contributed by atoms with Gasteiger partial charge in [0.25, 0.3) is 0 Å². The molecule has 0 saturated carbocycles. The fraction of sp³-hybridized carbons (Fsp3) is 0.769. The van der Waals surface area contributed by atoms with E-state index in [1.807, 2.05) is 13.0 Å². The van der Waals surface area contributed by atoms with Crippen LogP contribution in [-0.2, 0) is 9.53 Å². The molecule has 2 atom stereocenters. The third kappa shape index (κ3) is 5.31. The Labute approximate surface area is 99.3 Å². The van der Waals surface area contributed by atoms with Crippen molar-refractivity contribution in [1.29, 1.82) is 0 Å². The molecule has 0 aliphatic rings. The first-order valence-corrected chi connectivity index (χ1v) is 6.07. The summed E-state index contributed by atoms with van der Waals surface area (Å²) in [5, 5.41) is 3.39. The fourth-order valence-electron chi connectivity index (χ4n) is 1.43. The van der Waals surface area contributed by atoms with E-state index >= 15 is 0 Å². The summed E-state index contributed by atoms with van der Waals surface area (Å²) < 4.78 is 4.69. The molecule has 0 radical (unpaired) electrons. The van der Waals surface area contributed by atoms with Crippen LogP contribution in [0.2, 0.25) is 0 Å². The Kier molecular flexibility index (Phi) is 7.90. The maximum atomic E-state index is 11.3. The molecule has 0 spiro atoms. The molecule has 0 aromatic heterocycles. The molecule has 3 heteroatoms. The van der Waals surface area contributed by atoms with Gasteiger partial charge in [0.2, 0.25) is 0 Å². The minimum absolute atomic E-state index is 0.222. The highest BCUT2D eigenvalue weighted by atomic mass is 16.5. The summed E-state index contributed by atoms with van der Waals surface area (Å²) in [5.41, 5.74) is 0.742. The quantitative estimate of drug-likeness (QED) is 0.536. The topological polar surface area (TPSA) is 38.3 Å². The smallest absolute Gasteiger partial charge is 0.333 e. The van der Waals surface area contributed by atoms with E-state index in [1.165, 1.54) is 7.11 Å². The van der Waals surface area contributed by atoms with Crippen LogP contribution in [-0.4, -0.2) is 25.7 Å². The van der Waals surface area contributed by atoms with Gasteiger partial charge in [-0.05, 0) is 19.3 Å². The Hall–Kier alpha value is -0.830. The van der Waals surface area contributed by atoms with Crippen molar-refractivity contribution in [1.82, 2.24) is 5.32 Å². The molecule has 0 aliphatic carbocycles. The van der Waals surface area contributed by atoms with Crippen LogP contribution < -0.4 is 5.32 Å². The standard InChI is InChI=1S/C13H25NO2/c1-6-10(3)11(4)14-9-8-12(7-2)13(15)16-5/h8,10-11,14H,6-7,9H2,1-5H3/b12-8-. The first kappa shape index (κ1) is 15.2. The molecule has 0 rings (SSSR count). The van der Waals surface area contributed by atoms with Crippen molar-refractivity contribution in [2.24, 2.45) is 5.92 Å². The number of rotatable bonds is 7. The zero-order chi connectivity index (χ0) is 12.6. The zero-order valence-electron chi connectivity index (χ0n) is 11.2. The van der Waals surface area contributed by atoms with Crippen molar-refractivity contribution in [3.05, 3.63) is 11.6 Å². The summed E-state index contributed by atoms with van der Waals surface area (Å²) in [5.74, 6) is 0.428. The van der Waals surface area contributed by atoms with E-state index in [4.69, 9.17) is 4.74 Å². The van der Waals surface area contributed by atoms with E-state index in [0.29, 0.717) is 18.4 Å². The number of hydrogen-bond donors (Lipinski definition) is 1. The summed E-state index contributed by atoms with van der Waals surface area (Å²) >= 11 is 0. The van der Waals surface area contributed by atoms with E-state index < -0.39 is 0 Å². The Morgan fingerprint density at radius 2 is 2.00 bits per heavy atom. The van der Waals surface area contributed by atoms with Crippen molar-refractivity contribution in [3.8, 4) is 0 Å². The third-order valence-electron chi connectivity index (χ3n) is 3.11. The summed E-state index contributed by atoms with van der Waals surface area (Å²) in [6.45, 7) is 9.27. The van der Waals surface area contributed by atoms with Crippen molar-refractivity contribution < 1.29 is 9.53 Å². The fourth-order valence-corrected chi connectivity index (χ4v) is 1.43. The number of hydrogen-bond acceptors (Lipinski definition) is 3. The molecule has 0 aromatic carbocycles. The number of ether oxygens (including phenoxy) is 1. The third-order valence-corrected chi connectivity index (χ3v) is 3.11. The molecular weight excluding hydrogens is 202 g/mol. The first-order chi connectivity index (χ1) is 7.56. The molecule has 16 heavy (non-hydrogen) atoms. The average Bonchev–Trinajstić information content (AvgIpc) is 2.32. The second-order valence-electron chi connectivity index (χ2n) is 4.16. The van der Waals surface area contributed by atoms with Gasteiger partial charge in [0, 0.05) is 18.2 Å². The SMILES string of the molecule is CC/C(=C/CNC(C)C(C)CC)C(=O)OC. The Morgan fingerprint density at radius 1 is 1.38 bits per heavy atom. The number of carbonyl (C=O) groups excluding carboxylic acids is 1. The lowest BCUT2D eigenvalue weighted by atomic mass is 10.0. The summed E-state index contributed by atoms with van der Waals surface area (Å²) in [4.78, 5) is 11.3. The van der Waals surface area contributed by atoms with Gasteiger partial charge in [-0.1, -0.05) is 33.3 Å². The van der Waals surface area contributed by atoms with Crippen molar-refractivity contribution in [3.63, 3.8) is 0 Å². The van der Waals surface area contributed by atoms with Crippen LogP contribution in [0, 0.1) is 5.92 Å². The maximum absolute atomic E-state index is 11.3. The van der Waals surface area contributed by atoms with E-state index in [2.05, 4.69) is 26.1 Å². The van der Waals surface area contributed by atoms with E-state index in [-0.39, 0.29) is 5.97 Å². The predicted molar refractivity (Wildman–Crippen MR) is 67.3 cm³/mol.